The van der Waals surface area contributed by atoms with Crippen LogP contribution >= 0.6 is 0 Å². The number of fused-ring (bicyclic) bond motifs is 2. The van der Waals surface area contributed by atoms with Crippen molar-refractivity contribution in [3.05, 3.63) is 86.9 Å². The summed E-state index contributed by atoms with van der Waals surface area (Å²) in [5.74, 6) is -0.0337. The van der Waals surface area contributed by atoms with Crippen LogP contribution in [0.5, 0.6) is 0 Å². The van der Waals surface area contributed by atoms with Gasteiger partial charge in [0.2, 0.25) is 0 Å². The van der Waals surface area contributed by atoms with Crippen LogP contribution in [-0.2, 0) is 35.4 Å². The summed E-state index contributed by atoms with van der Waals surface area (Å²) < 4.78 is 0. The number of imidazole rings is 1. The maximum Gasteiger partial charge on any atom is 0.290 e. The van der Waals surface area contributed by atoms with Crippen LogP contribution in [-0.4, -0.2) is 55.5 Å². The largest absolute Gasteiger partial charge is 0.483 e. The van der Waals surface area contributed by atoms with E-state index in [1.165, 1.54) is 5.56 Å². The molecule has 2 aromatic heterocycles. The summed E-state index contributed by atoms with van der Waals surface area (Å²) in [6.45, 7) is 0.548. The van der Waals surface area contributed by atoms with Gasteiger partial charge in [-0.15, -0.1) is 0 Å². The Kier molecular flexibility index (Phi) is 8.94. The molecular weight excluding hydrogens is 452 g/mol. The minimum Gasteiger partial charge on any atom is -0.483 e. The van der Waals surface area contributed by atoms with Crippen molar-refractivity contribution in [2.24, 2.45) is 0 Å². The van der Waals surface area contributed by atoms with Crippen LogP contribution in [0.15, 0.2) is 47.5 Å². The number of nitrogens with one attached hydrogen (secondary N) is 2. The molecule has 1 aliphatic carbocycles. The summed E-state index contributed by atoms with van der Waals surface area (Å²) in [5, 5.41) is 13.8. The predicted molar refractivity (Wildman–Crippen MR) is 127 cm³/mol. The number of aryl methyl sites for hydroxylation is 3. The van der Waals surface area contributed by atoms with E-state index in [-0.39, 0.29) is 35.9 Å². The number of carboxylic acid groups (broad SMARTS) is 2. The second-order valence-corrected chi connectivity index (χ2v) is 8.25. The molecule has 10 heteroatoms. The van der Waals surface area contributed by atoms with Crippen molar-refractivity contribution in [3.8, 4) is 0 Å². The van der Waals surface area contributed by atoms with Crippen molar-refractivity contribution in [3.63, 3.8) is 0 Å². The SMILES string of the molecule is O=C(c1cc2c([nH]c1=O)CCC2)N1Cc2[nH]cnc2C(CCc2ccccc2)C1.O=CO.O=CO. The Balaban J connectivity index is 0.000000520. The Morgan fingerprint density at radius 1 is 1.11 bits per heavy atom. The van der Waals surface area contributed by atoms with Crippen LogP contribution in [0, 0.1) is 0 Å². The number of aromatic nitrogens is 3. The molecule has 5 rings (SSSR count). The number of carbonyl (C=O) groups excluding carboxylic acids is 1. The maximum atomic E-state index is 13.2. The monoisotopic (exact) mass is 480 g/mol. The van der Waals surface area contributed by atoms with E-state index in [9.17, 15) is 9.59 Å². The summed E-state index contributed by atoms with van der Waals surface area (Å²) in [7, 11) is 0. The highest BCUT2D eigenvalue weighted by Gasteiger charge is 2.32. The minimum absolute atomic E-state index is 0.155. The summed E-state index contributed by atoms with van der Waals surface area (Å²) in [6.07, 6.45) is 6.39. The second kappa shape index (κ2) is 12.3. The lowest BCUT2D eigenvalue weighted by molar-refractivity contribution is -0.123. The zero-order chi connectivity index (χ0) is 25.2. The molecule has 35 heavy (non-hydrogen) atoms. The number of rotatable bonds is 4. The van der Waals surface area contributed by atoms with Gasteiger partial charge in [0.1, 0.15) is 5.56 Å². The fourth-order valence-electron chi connectivity index (χ4n) is 4.63. The van der Waals surface area contributed by atoms with Crippen LogP contribution in [0.3, 0.4) is 0 Å². The van der Waals surface area contributed by atoms with Gasteiger partial charge in [-0.1, -0.05) is 30.3 Å². The molecule has 0 radical (unpaired) electrons. The highest BCUT2D eigenvalue weighted by molar-refractivity contribution is 5.94. The van der Waals surface area contributed by atoms with Crippen LogP contribution in [0.25, 0.3) is 0 Å². The molecule has 184 valence electrons. The fraction of sp³-hybridized carbons (Fsp3) is 0.320. The van der Waals surface area contributed by atoms with E-state index < -0.39 is 0 Å². The first-order chi connectivity index (χ1) is 17.0. The summed E-state index contributed by atoms with van der Waals surface area (Å²) >= 11 is 0. The number of benzene rings is 1. The van der Waals surface area contributed by atoms with E-state index in [2.05, 4.69) is 27.1 Å². The minimum atomic E-state index is -0.271. The topological polar surface area (TPSA) is 156 Å². The predicted octanol–water partition coefficient (Wildman–Crippen LogP) is 2.36. The van der Waals surface area contributed by atoms with Crippen LogP contribution < -0.4 is 5.56 Å². The fourth-order valence-corrected chi connectivity index (χ4v) is 4.63. The Hall–Kier alpha value is -4.21. The molecular formula is C25H28N4O6. The smallest absolute Gasteiger partial charge is 0.290 e. The molecule has 1 aromatic carbocycles. The molecule has 2 aliphatic rings. The molecule has 0 spiro atoms. The molecule has 0 saturated heterocycles. The van der Waals surface area contributed by atoms with Crippen LogP contribution in [0.1, 0.15) is 57.3 Å². The average molecular weight is 481 g/mol. The van der Waals surface area contributed by atoms with Gasteiger partial charge in [0, 0.05) is 18.2 Å². The van der Waals surface area contributed by atoms with Crippen LogP contribution in [0.4, 0.5) is 0 Å². The zero-order valence-corrected chi connectivity index (χ0v) is 19.1. The molecule has 1 unspecified atom stereocenters. The molecule has 1 aliphatic heterocycles. The number of amides is 1. The molecule has 10 nitrogen and oxygen atoms in total. The zero-order valence-electron chi connectivity index (χ0n) is 19.1. The standard InChI is InChI=1S/C23H24N4O2.2CH2O2/c28-22-18(11-16-7-4-8-19(16)26-22)23(29)27-12-17(21-20(13-27)24-14-25-21)10-9-15-5-2-1-3-6-15;2*2-1-3/h1-3,5-6,11,14,17H,4,7-10,12-13H2,(H,24,25)(H,26,28);2*1H,(H,2,3). The van der Waals surface area contributed by atoms with Gasteiger partial charge in [0.15, 0.2) is 0 Å². The first-order valence-electron chi connectivity index (χ1n) is 11.3. The summed E-state index contributed by atoms with van der Waals surface area (Å²) in [5.41, 5.74) is 5.38. The normalized spacial score (nSPS) is 15.4. The third-order valence-electron chi connectivity index (χ3n) is 6.16. The van der Waals surface area contributed by atoms with Gasteiger partial charge in [-0.3, -0.25) is 19.2 Å². The second-order valence-electron chi connectivity index (χ2n) is 8.25. The van der Waals surface area contributed by atoms with Gasteiger partial charge < -0.3 is 25.1 Å². The number of hydrogen-bond donors (Lipinski definition) is 4. The van der Waals surface area contributed by atoms with E-state index in [1.54, 1.807) is 11.2 Å². The van der Waals surface area contributed by atoms with Crippen molar-refractivity contribution >= 4 is 18.9 Å². The van der Waals surface area contributed by atoms with Crippen molar-refractivity contribution in [2.45, 2.75) is 44.6 Å². The van der Waals surface area contributed by atoms with E-state index >= 15 is 0 Å². The molecule has 0 bridgehead atoms. The quantitative estimate of drug-likeness (QED) is 0.418. The molecule has 1 atom stereocenters. The third-order valence-corrected chi connectivity index (χ3v) is 6.16. The molecule has 3 heterocycles. The molecule has 3 aromatic rings. The Bertz CT molecular complexity index is 1200. The molecule has 0 saturated carbocycles. The number of H-pyrrole nitrogens is 2. The van der Waals surface area contributed by atoms with Gasteiger partial charge in [-0.2, -0.15) is 0 Å². The molecule has 4 N–H and O–H groups in total. The lowest BCUT2D eigenvalue weighted by Gasteiger charge is -2.32. The number of hydrogen-bond acceptors (Lipinski definition) is 5. The van der Waals surface area contributed by atoms with Crippen molar-refractivity contribution in [1.29, 1.82) is 0 Å². The van der Waals surface area contributed by atoms with Gasteiger partial charge in [-0.25, -0.2) is 4.98 Å². The maximum absolute atomic E-state index is 13.2. The van der Waals surface area contributed by atoms with E-state index in [1.807, 2.05) is 24.3 Å². The number of carbonyl (C=O) groups is 3. The van der Waals surface area contributed by atoms with Gasteiger partial charge >= 0.3 is 0 Å². The first kappa shape index (κ1) is 25.4. The number of pyridine rings is 1. The highest BCUT2D eigenvalue weighted by Crippen LogP contribution is 2.30. The Morgan fingerprint density at radius 2 is 1.83 bits per heavy atom. The van der Waals surface area contributed by atoms with Gasteiger partial charge in [0.05, 0.1) is 24.3 Å². The van der Waals surface area contributed by atoms with Crippen molar-refractivity contribution in [1.82, 2.24) is 19.9 Å². The first-order valence-corrected chi connectivity index (χ1v) is 11.3. The van der Waals surface area contributed by atoms with E-state index in [0.717, 1.165) is 54.7 Å². The lowest BCUT2D eigenvalue weighted by atomic mass is 9.91. The summed E-state index contributed by atoms with van der Waals surface area (Å²) in [4.78, 5) is 54.9. The van der Waals surface area contributed by atoms with Crippen molar-refractivity contribution < 1.29 is 24.6 Å². The Morgan fingerprint density at radius 3 is 2.54 bits per heavy atom. The number of nitrogens with zero attached hydrogens (tertiary/aromatic N) is 2. The average Bonchev–Trinajstić information content (AvgIpc) is 3.52. The number of aromatic amines is 2. The third kappa shape index (κ3) is 6.23. The van der Waals surface area contributed by atoms with Crippen LogP contribution in [0.2, 0.25) is 0 Å². The molecule has 0 fully saturated rings. The van der Waals surface area contributed by atoms with E-state index in [0.29, 0.717) is 13.1 Å². The van der Waals surface area contributed by atoms with E-state index in [4.69, 9.17) is 19.8 Å². The van der Waals surface area contributed by atoms with Gasteiger partial charge in [-0.05, 0) is 49.3 Å². The van der Waals surface area contributed by atoms with Crippen molar-refractivity contribution in [2.75, 3.05) is 6.54 Å². The molecule has 1 amide bonds. The lowest BCUT2D eigenvalue weighted by Crippen LogP contribution is -2.40. The summed E-state index contributed by atoms with van der Waals surface area (Å²) in [6, 6.07) is 12.2. The Labute approximate surface area is 201 Å². The van der Waals surface area contributed by atoms with Gasteiger partial charge in [0.25, 0.3) is 24.4 Å². The highest BCUT2D eigenvalue weighted by atomic mass is 16.3.